The number of hydrogen-bond donors (Lipinski definition) is 2. The number of hydrogen-bond acceptors (Lipinski definition) is 3. The van der Waals surface area contributed by atoms with Crippen LogP contribution < -0.4 is 4.74 Å². The third kappa shape index (κ3) is 4.98. The van der Waals surface area contributed by atoms with E-state index in [-0.39, 0.29) is 11.7 Å². The highest BCUT2D eigenvalue weighted by molar-refractivity contribution is 5.88. The maximum absolute atomic E-state index is 11.5. The topological polar surface area (TPSA) is 66.8 Å². The first kappa shape index (κ1) is 20.2. The number of carbonyl (C=O) groups is 1. The first-order valence-electron chi connectivity index (χ1n) is 9.15. The largest absolute Gasteiger partial charge is 0.486 e. The van der Waals surface area contributed by atoms with E-state index in [2.05, 4.69) is 12.2 Å². The average molecular weight is 358 g/mol. The van der Waals surface area contributed by atoms with Crippen LogP contribution in [0, 0.1) is 0 Å². The summed E-state index contributed by atoms with van der Waals surface area (Å²) in [6.45, 7) is 9.91. The van der Waals surface area contributed by atoms with Gasteiger partial charge >= 0.3 is 5.97 Å². The van der Waals surface area contributed by atoms with Gasteiger partial charge in [0.25, 0.3) is 0 Å². The second kappa shape index (κ2) is 8.09. The van der Waals surface area contributed by atoms with Crippen molar-refractivity contribution in [1.29, 1.82) is 0 Å². The van der Waals surface area contributed by atoms with E-state index in [1.807, 2.05) is 27.7 Å². The minimum Gasteiger partial charge on any atom is -0.486 e. The normalized spacial score (nSPS) is 17.7. The highest BCUT2D eigenvalue weighted by atomic mass is 16.5. The summed E-state index contributed by atoms with van der Waals surface area (Å²) in [4.78, 5) is 11.5. The van der Waals surface area contributed by atoms with E-state index < -0.39 is 11.6 Å². The van der Waals surface area contributed by atoms with Crippen LogP contribution in [-0.2, 0) is 12.8 Å². The number of carboxylic acid groups (broad SMARTS) is 1. The van der Waals surface area contributed by atoms with Crippen LogP contribution in [-0.4, -0.2) is 27.9 Å². The van der Waals surface area contributed by atoms with Gasteiger partial charge in [-0.25, -0.2) is 4.79 Å². The zero-order valence-corrected chi connectivity index (χ0v) is 16.4. The Morgan fingerprint density at radius 2 is 1.88 bits per heavy atom. The molecule has 1 aromatic rings. The molecule has 1 aliphatic heterocycles. The molecule has 2 rings (SSSR count). The summed E-state index contributed by atoms with van der Waals surface area (Å²) in [5, 5.41) is 20.3. The Balaban J connectivity index is 2.27. The zero-order chi connectivity index (χ0) is 19.5. The van der Waals surface area contributed by atoms with Crippen molar-refractivity contribution in [3.05, 3.63) is 52.1 Å². The monoisotopic (exact) mass is 358 g/mol. The summed E-state index contributed by atoms with van der Waals surface area (Å²) in [5.41, 5.74) is 3.43. The molecule has 0 fully saturated rings. The minimum absolute atomic E-state index is 0.273. The smallest absolute Gasteiger partial charge is 0.335 e. The van der Waals surface area contributed by atoms with E-state index >= 15 is 0 Å². The quantitative estimate of drug-likeness (QED) is 0.694. The average Bonchev–Trinajstić information content (AvgIpc) is 2.96. The summed E-state index contributed by atoms with van der Waals surface area (Å²) in [6, 6.07) is 3.36. The van der Waals surface area contributed by atoms with Crippen molar-refractivity contribution in [2.75, 3.05) is 0 Å². The number of fused-ring (bicyclic) bond motifs is 1. The first-order valence-corrected chi connectivity index (χ1v) is 9.15. The van der Waals surface area contributed by atoms with Crippen LogP contribution >= 0.6 is 0 Å². The second-order valence-electron chi connectivity index (χ2n) is 7.90. The van der Waals surface area contributed by atoms with Crippen molar-refractivity contribution in [1.82, 2.24) is 0 Å². The fraction of sp³-hybridized carbons (Fsp3) is 0.500. The van der Waals surface area contributed by atoms with Gasteiger partial charge in [-0.2, -0.15) is 0 Å². The fourth-order valence-electron chi connectivity index (χ4n) is 3.19. The third-order valence-corrected chi connectivity index (χ3v) is 4.78. The lowest BCUT2D eigenvalue weighted by Crippen LogP contribution is -2.42. The number of benzene rings is 1. The second-order valence-corrected chi connectivity index (χ2v) is 7.90. The Labute approximate surface area is 156 Å². The zero-order valence-electron chi connectivity index (χ0n) is 16.4. The number of aliphatic hydroxyl groups is 1. The molecule has 0 spiro atoms. The number of allylic oxidation sites excluding steroid dienone is 4. The van der Waals surface area contributed by atoms with Crippen molar-refractivity contribution in [3.63, 3.8) is 0 Å². The van der Waals surface area contributed by atoms with Gasteiger partial charge in [0.15, 0.2) is 0 Å². The highest BCUT2D eigenvalue weighted by Crippen LogP contribution is 2.39. The van der Waals surface area contributed by atoms with Crippen LogP contribution in [0.3, 0.4) is 0 Å². The lowest BCUT2D eigenvalue weighted by Gasteiger charge is -2.29. The molecule has 1 aliphatic rings. The standard InChI is InChI=1S/C22H30O4/c1-14(2)7-6-10-22(5,25)19-13-17-12-18(21(23)24)11-16(20(17)26-19)9-8-15(3)4/h7-8,11-12,19,25H,6,9-10,13H2,1-5H3,(H,23,24)/t19-,22-/m0/s1. The molecule has 0 aromatic heterocycles. The van der Waals surface area contributed by atoms with Crippen molar-refractivity contribution in [2.24, 2.45) is 0 Å². The fourth-order valence-corrected chi connectivity index (χ4v) is 3.19. The van der Waals surface area contributed by atoms with E-state index in [1.54, 1.807) is 19.1 Å². The first-order chi connectivity index (χ1) is 12.1. The number of ether oxygens (including phenoxy) is 1. The van der Waals surface area contributed by atoms with E-state index in [0.717, 1.165) is 23.3 Å². The molecule has 142 valence electrons. The maximum Gasteiger partial charge on any atom is 0.335 e. The predicted octanol–water partition coefficient (Wildman–Crippen LogP) is 4.69. The van der Waals surface area contributed by atoms with Crippen molar-refractivity contribution >= 4 is 5.97 Å². The molecular weight excluding hydrogens is 328 g/mol. The maximum atomic E-state index is 11.5. The molecule has 0 saturated carbocycles. The molecule has 26 heavy (non-hydrogen) atoms. The minimum atomic E-state index is -0.970. The summed E-state index contributed by atoms with van der Waals surface area (Å²) in [5.74, 6) is -0.204. The van der Waals surface area contributed by atoms with Crippen LogP contribution in [0.5, 0.6) is 5.75 Å². The van der Waals surface area contributed by atoms with Crippen LogP contribution in [0.1, 0.15) is 68.9 Å². The van der Waals surface area contributed by atoms with Gasteiger partial charge in [-0.1, -0.05) is 23.3 Å². The molecule has 1 heterocycles. The van der Waals surface area contributed by atoms with Crippen LogP contribution in [0.4, 0.5) is 0 Å². The molecule has 2 N–H and O–H groups in total. The van der Waals surface area contributed by atoms with Gasteiger partial charge in [0.1, 0.15) is 11.9 Å². The Hall–Kier alpha value is -2.07. The van der Waals surface area contributed by atoms with Gasteiger partial charge in [0.2, 0.25) is 0 Å². The predicted molar refractivity (Wildman–Crippen MR) is 104 cm³/mol. The molecule has 0 bridgehead atoms. The third-order valence-electron chi connectivity index (χ3n) is 4.78. The summed E-state index contributed by atoms with van der Waals surface area (Å²) in [6.07, 6.45) is 6.35. The number of carboxylic acids is 1. The molecule has 0 amide bonds. The Bertz CT molecular complexity index is 733. The molecule has 2 atom stereocenters. The summed E-state index contributed by atoms with van der Waals surface area (Å²) < 4.78 is 6.13. The molecule has 0 aliphatic carbocycles. The SMILES string of the molecule is CC(C)=CCC[C@](C)(O)[C@@H]1Cc2cc(C(=O)O)cc(CC=C(C)C)c2O1. The molecule has 0 saturated heterocycles. The van der Waals surface area contributed by atoms with Gasteiger partial charge in [0, 0.05) is 6.42 Å². The van der Waals surface area contributed by atoms with Crippen LogP contribution in [0.2, 0.25) is 0 Å². The lowest BCUT2D eigenvalue weighted by atomic mass is 9.89. The van der Waals surface area contributed by atoms with Gasteiger partial charge < -0.3 is 14.9 Å². The van der Waals surface area contributed by atoms with Gasteiger partial charge in [-0.3, -0.25) is 0 Å². The van der Waals surface area contributed by atoms with E-state index in [4.69, 9.17) is 4.74 Å². The van der Waals surface area contributed by atoms with Crippen LogP contribution in [0.25, 0.3) is 0 Å². The molecular formula is C22H30O4. The molecule has 4 nitrogen and oxygen atoms in total. The Morgan fingerprint density at radius 3 is 2.46 bits per heavy atom. The van der Waals surface area contributed by atoms with Crippen LogP contribution in [0.15, 0.2) is 35.4 Å². The number of rotatable bonds is 7. The van der Waals surface area contributed by atoms with Crippen molar-refractivity contribution in [2.45, 2.75) is 72.0 Å². The summed E-state index contributed by atoms with van der Waals surface area (Å²) >= 11 is 0. The highest BCUT2D eigenvalue weighted by Gasteiger charge is 2.39. The summed E-state index contributed by atoms with van der Waals surface area (Å²) in [7, 11) is 0. The Morgan fingerprint density at radius 1 is 1.23 bits per heavy atom. The Kier molecular flexibility index (Phi) is 6.30. The molecule has 0 radical (unpaired) electrons. The lowest BCUT2D eigenvalue weighted by molar-refractivity contribution is -0.0435. The van der Waals surface area contributed by atoms with E-state index in [0.29, 0.717) is 19.3 Å². The van der Waals surface area contributed by atoms with E-state index in [9.17, 15) is 15.0 Å². The molecule has 0 unspecified atom stereocenters. The molecule has 1 aromatic carbocycles. The van der Waals surface area contributed by atoms with Gasteiger partial charge in [0.05, 0.1) is 11.2 Å². The van der Waals surface area contributed by atoms with Crippen molar-refractivity contribution in [3.8, 4) is 5.75 Å². The van der Waals surface area contributed by atoms with Crippen molar-refractivity contribution < 1.29 is 19.7 Å². The molecule has 4 heteroatoms. The van der Waals surface area contributed by atoms with Gasteiger partial charge in [-0.15, -0.1) is 0 Å². The van der Waals surface area contributed by atoms with E-state index in [1.165, 1.54) is 11.1 Å². The number of aromatic carboxylic acids is 1. The van der Waals surface area contributed by atoms with Gasteiger partial charge in [-0.05, 0) is 77.1 Å².